The van der Waals surface area contributed by atoms with Crippen LogP contribution >= 0.6 is 11.6 Å². The molecule has 1 unspecified atom stereocenters. The molecule has 0 saturated heterocycles. The van der Waals surface area contributed by atoms with Crippen molar-refractivity contribution in [3.63, 3.8) is 0 Å². The third-order valence-corrected chi connectivity index (χ3v) is 4.11. The minimum Gasteiger partial charge on any atom is -0.307 e. The van der Waals surface area contributed by atoms with Crippen molar-refractivity contribution in [1.29, 1.82) is 0 Å². The van der Waals surface area contributed by atoms with Gasteiger partial charge in [-0.15, -0.1) is 11.6 Å². The lowest BCUT2D eigenvalue weighted by atomic mass is 9.79. The van der Waals surface area contributed by atoms with Crippen molar-refractivity contribution in [2.45, 2.75) is 52.0 Å². The predicted octanol–water partition coefficient (Wildman–Crippen LogP) is 4.24. The monoisotopic (exact) mass is 279 g/mol. The molecule has 1 aliphatic heterocycles. The average molecular weight is 280 g/mol. The van der Waals surface area contributed by atoms with E-state index in [1.165, 1.54) is 11.1 Å². The normalized spacial score (nSPS) is 21.1. The molecule has 1 heterocycles. The zero-order chi connectivity index (χ0) is 14.2. The summed E-state index contributed by atoms with van der Waals surface area (Å²) in [5, 5.41) is 0. The second kappa shape index (κ2) is 5.16. The number of hydrogen-bond donors (Lipinski definition) is 0. The molecule has 0 radical (unpaired) electrons. The molecule has 0 N–H and O–H groups in total. The number of aryl methyl sites for hydroxylation is 1. The van der Waals surface area contributed by atoms with Crippen molar-refractivity contribution >= 4 is 23.2 Å². The summed E-state index contributed by atoms with van der Waals surface area (Å²) in [5.74, 6) is 0.976. The molecule has 19 heavy (non-hydrogen) atoms. The molecule has 0 bridgehead atoms. The van der Waals surface area contributed by atoms with Gasteiger partial charge >= 0.3 is 0 Å². The lowest BCUT2D eigenvalue weighted by Crippen LogP contribution is -2.51. The van der Waals surface area contributed by atoms with Crippen LogP contribution in [0, 0.1) is 6.92 Å². The van der Waals surface area contributed by atoms with Crippen molar-refractivity contribution in [2.24, 2.45) is 0 Å². The molecular weight excluding hydrogens is 258 g/mol. The number of amides is 1. The standard InChI is InChI=1S/C16H22ClNO/c1-11-5-6-14-13(9-11)12(2)10-16(3,4)18(14)15(19)7-8-17/h5-6,9,12H,7-8,10H2,1-4H3. The maximum absolute atomic E-state index is 12.4. The summed E-state index contributed by atoms with van der Waals surface area (Å²) in [6.45, 7) is 8.61. The van der Waals surface area contributed by atoms with E-state index < -0.39 is 0 Å². The van der Waals surface area contributed by atoms with Crippen LogP contribution in [0.1, 0.15) is 50.7 Å². The molecule has 1 aliphatic rings. The fourth-order valence-electron chi connectivity index (χ4n) is 3.21. The highest BCUT2D eigenvalue weighted by atomic mass is 35.5. The summed E-state index contributed by atoms with van der Waals surface area (Å²) >= 11 is 5.74. The van der Waals surface area contributed by atoms with Crippen molar-refractivity contribution in [3.05, 3.63) is 29.3 Å². The van der Waals surface area contributed by atoms with Crippen LogP contribution in [-0.4, -0.2) is 17.3 Å². The van der Waals surface area contributed by atoms with E-state index >= 15 is 0 Å². The molecule has 0 aliphatic carbocycles. The third-order valence-electron chi connectivity index (χ3n) is 3.92. The maximum Gasteiger partial charge on any atom is 0.228 e. The Morgan fingerprint density at radius 3 is 2.79 bits per heavy atom. The largest absolute Gasteiger partial charge is 0.307 e. The Kier molecular flexibility index (Phi) is 3.91. The Morgan fingerprint density at radius 2 is 2.16 bits per heavy atom. The molecule has 1 aromatic carbocycles. The number of fused-ring (bicyclic) bond motifs is 1. The van der Waals surface area contributed by atoms with Crippen LogP contribution in [-0.2, 0) is 4.79 Å². The number of benzene rings is 1. The van der Waals surface area contributed by atoms with Crippen molar-refractivity contribution < 1.29 is 4.79 Å². The number of anilines is 1. The molecule has 104 valence electrons. The quantitative estimate of drug-likeness (QED) is 0.742. The van der Waals surface area contributed by atoms with E-state index in [1.807, 2.05) is 4.90 Å². The summed E-state index contributed by atoms with van der Waals surface area (Å²) < 4.78 is 0. The van der Waals surface area contributed by atoms with Crippen LogP contribution < -0.4 is 4.90 Å². The fourth-order valence-corrected chi connectivity index (χ4v) is 3.38. The SMILES string of the molecule is Cc1ccc2c(c1)C(C)CC(C)(C)N2C(=O)CCCl. The van der Waals surface area contributed by atoms with Gasteiger partial charge in [-0.05, 0) is 44.7 Å². The number of rotatable bonds is 2. The number of halogens is 1. The van der Waals surface area contributed by atoms with Crippen molar-refractivity contribution in [1.82, 2.24) is 0 Å². The van der Waals surface area contributed by atoms with E-state index in [0.29, 0.717) is 18.2 Å². The van der Waals surface area contributed by atoms with Crippen molar-refractivity contribution in [3.8, 4) is 0 Å². The number of nitrogens with zero attached hydrogens (tertiary/aromatic N) is 1. The highest BCUT2D eigenvalue weighted by Crippen LogP contribution is 2.43. The van der Waals surface area contributed by atoms with Gasteiger partial charge in [-0.25, -0.2) is 0 Å². The van der Waals surface area contributed by atoms with Gasteiger partial charge in [-0.3, -0.25) is 4.79 Å². The highest BCUT2D eigenvalue weighted by Gasteiger charge is 2.39. The van der Waals surface area contributed by atoms with Crippen LogP contribution in [0.5, 0.6) is 0 Å². The lowest BCUT2D eigenvalue weighted by molar-refractivity contribution is -0.119. The Hall–Kier alpha value is -1.02. The van der Waals surface area contributed by atoms with Crippen LogP contribution in [0.2, 0.25) is 0 Å². The first-order chi connectivity index (χ1) is 8.86. The summed E-state index contributed by atoms with van der Waals surface area (Å²) in [7, 11) is 0. The first-order valence-corrected chi connectivity index (χ1v) is 7.40. The van der Waals surface area contributed by atoms with E-state index in [2.05, 4.69) is 45.9 Å². The first kappa shape index (κ1) is 14.4. The molecular formula is C16H22ClNO. The van der Waals surface area contributed by atoms with E-state index in [4.69, 9.17) is 11.6 Å². The second-order valence-corrected chi connectivity index (χ2v) is 6.53. The minimum atomic E-state index is -0.148. The maximum atomic E-state index is 12.4. The summed E-state index contributed by atoms with van der Waals surface area (Å²) in [4.78, 5) is 14.4. The van der Waals surface area contributed by atoms with Gasteiger partial charge in [0.2, 0.25) is 5.91 Å². The molecule has 1 aromatic rings. The zero-order valence-corrected chi connectivity index (χ0v) is 12.9. The Morgan fingerprint density at radius 1 is 1.47 bits per heavy atom. The number of carbonyl (C=O) groups excluding carboxylic acids is 1. The summed E-state index contributed by atoms with van der Waals surface area (Å²) in [6, 6.07) is 6.36. The van der Waals surface area contributed by atoms with Crippen LogP contribution in [0.3, 0.4) is 0 Å². The van der Waals surface area contributed by atoms with E-state index in [-0.39, 0.29) is 11.4 Å². The number of alkyl halides is 1. The van der Waals surface area contributed by atoms with Gasteiger partial charge in [0, 0.05) is 23.5 Å². The molecule has 0 aromatic heterocycles. The minimum absolute atomic E-state index is 0.122. The molecule has 0 saturated carbocycles. The van der Waals surface area contributed by atoms with Gasteiger partial charge in [-0.2, -0.15) is 0 Å². The van der Waals surface area contributed by atoms with Gasteiger partial charge < -0.3 is 4.90 Å². The van der Waals surface area contributed by atoms with Gasteiger partial charge in [0.05, 0.1) is 0 Å². The molecule has 1 amide bonds. The van der Waals surface area contributed by atoms with Gasteiger partial charge in [0.1, 0.15) is 0 Å². The smallest absolute Gasteiger partial charge is 0.228 e. The van der Waals surface area contributed by atoms with Gasteiger partial charge in [0.15, 0.2) is 0 Å². The molecule has 1 atom stereocenters. The summed E-state index contributed by atoms with van der Waals surface area (Å²) in [5.41, 5.74) is 3.44. The van der Waals surface area contributed by atoms with Crippen molar-refractivity contribution in [2.75, 3.05) is 10.8 Å². The van der Waals surface area contributed by atoms with E-state index in [9.17, 15) is 4.79 Å². The lowest BCUT2D eigenvalue weighted by Gasteiger charge is -2.46. The third kappa shape index (κ3) is 2.64. The zero-order valence-electron chi connectivity index (χ0n) is 12.2. The molecule has 0 spiro atoms. The average Bonchev–Trinajstić information content (AvgIpc) is 2.29. The predicted molar refractivity (Wildman–Crippen MR) is 81.1 cm³/mol. The molecule has 0 fully saturated rings. The van der Waals surface area contributed by atoms with E-state index in [0.717, 1.165) is 12.1 Å². The first-order valence-electron chi connectivity index (χ1n) is 6.86. The Bertz CT molecular complexity index is 496. The second-order valence-electron chi connectivity index (χ2n) is 6.15. The number of carbonyl (C=O) groups is 1. The highest BCUT2D eigenvalue weighted by molar-refractivity contribution is 6.19. The fraction of sp³-hybridized carbons (Fsp3) is 0.562. The van der Waals surface area contributed by atoms with Gasteiger partial charge in [-0.1, -0.05) is 24.6 Å². The molecule has 2 rings (SSSR count). The van der Waals surface area contributed by atoms with Crippen LogP contribution in [0.25, 0.3) is 0 Å². The molecule has 2 nitrogen and oxygen atoms in total. The van der Waals surface area contributed by atoms with Crippen LogP contribution in [0.15, 0.2) is 18.2 Å². The van der Waals surface area contributed by atoms with Crippen LogP contribution in [0.4, 0.5) is 5.69 Å². The Labute approximate surface area is 120 Å². The Balaban J connectivity index is 2.52. The summed E-state index contributed by atoms with van der Waals surface area (Å²) in [6.07, 6.45) is 1.38. The van der Waals surface area contributed by atoms with Gasteiger partial charge in [0.25, 0.3) is 0 Å². The number of hydrogen-bond acceptors (Lipinski definition) is 1. The topological polar surface area (TPSA) is 20.3 Å². The van der Waals surface area contributed by atoms with E-state index in [1.54, 1.807) is 0 Å². The molecule has 3 heteroatoms.